The van der Waals surface area contributed by atoms with Crippen LogP contribution >= 0.6 is 0 Å². The Bertz CT molecular complexity index is 387. The number of ether oxygens (including phenoxy) is 2. The molecule has 7 nitrogen and oxygen atoms in total. The second-order valence-corrected chi connectivity index (χ2v) is 6.14. The Morgan fingerprint density at radius 3 is 2.33 bits per heavy atom. The molecule has 8 heteroatoms. The Hall–Kier alpha value is -0.700. The van der Waals surface area contributed by atoms with Crippen LogP contribution in [0.2, 0.25) is 0 Å². The Morgan fingerprint density at radius 2 is 1.89 bits per heavy atom. The van der Waals surface area contributed by atoms with Gasteiger partial charge in [-0.3, -0.25) is 4.79 Å². The zero-order valence-corrected chi connectivity index (χ0v) is 11.9. The second-order valence-electron chi connectivity index (χ2n) is 4.44. The summed E-state index contributed by atoms with van der Waals surface area (Å²) < 4.78 is 37.6. The molecule has 0 radical (unpaired) electrons. The van der Waals surface area contributed by atoms with Crippen LogP contribution in [0.5, 0.6) is 0 Å². The van der Waals surface area contributed by atoms with E-state index in [0.717, 1.165) is 0 Å². The van der Waals surface area contributed by atoms with E-state index in [1.165, 1.54) is 18.3 Å². The molecule has 0 saturated carbocycles. The van der Waals surface area contributed by atoms with E-state index in [0.29, 0.717) is 0 Å². The molecule has 1 aliphatic heterocycles. The zero-order chi connectivity index (χ0) is 13.9. The number of carbonyl (C=O) groups excluding carboxylic acids is 1. The molecule has 0 bridgehead atoms. The molecule has 1 saturated heterocycles. The SMILES string of the molecule is COC(=O)[C@H](C)NS(=O)(=O)N1CC(C)OC(C)C1. The average Bonchev–Trinajstić information content (AvgIpc) is 2.26. The standard InChI is InChI=1S/C10H20N2O5S/c1-7-5-12(6-8(2)17-7)18(14,15)11-9(3)10(13)16-4/h7-9,11H,5-6H2,1-4H3/t7?,8?,9-/m0/s1. The van der Waals surface area contributed by atoms with Gasteiger partial charge < -0.3 is 9.47 Å². The van der Waals surface area contributed by atoms with Gasteiger partial charge in [-0.25, -0.2) is 0 Å². The van der Waals surface area contributed by atoms with E-state index in [4.69, 9.17) is 4.74 Å². The monoisotopic (exact) mass is 280 g/mol. The lowest BCUT2D eigenvalue weighted by molar-refractivity contribution is -0.142. The summed E-state index contributed by atoms with van der Waals surface area (Å²) in [6, 6.07) is -0.909. The summed E-state index contributed by atoms with van der Waals surface area (Å²) in [5, 5.41) is 0. The van der Waals surface area contributed by atoms with Crippen LogP contribution in [-0.4, -0.2) is 57.1 Å². The van der Waals surface area contributed by atoms with Gasteiger partial charge in [0.15, 0.2) is 0 Å². The summed E-state index contributed by atoms with van der Waals surface area (Å²) in [4.78, 5) is 11.2. The van der Waals surface area contributed by atoms with Gasteiger partial charge in [0, 0.05) is 13.1 Å². The average molecular weight is 280 g/mol. The number of nitrogens with one attached hydrogen (secondary N) is 1. The number of hydrogen-bond acceptors (Lipinski definition) is 5. The number of rotatable bonds is 4. The van der Waals surface area contributed by atoms with Gasteiger partial charge in [-0.05, 0) is 20.8 Å². The molecule has 3 atom stereocenters. The summed E-state index contributed by atoms with van der Waals surface area (Å²) in [6.07, 6.45) is -0.336. The topological polar surface area (TPSA) is 84.9 Å². The molecule has 0 aromatic carbocycles. The molecule has 18 heavy (non-hydrogen) atoms. The van der Waals surface area contributed by atoms with Crippen molar-refractivity contribution in [1.82, 2.24) is 9.03 Å². The Labute approximate surface area is 108 Å². The zero-order valence-electron chi connectivity index (χ0n) is 11.0. The first-order chi connectivity index (χ1) is 8.26. The quantitative estimate of drug-likeness (QED) is 0.701. The molecule has 106 valence electrons. The van der Waals surface area contributed by atoms with Crippen LogP contribution in [0.4, 0.5) is 0 Å². The minimum Gasteiger partial charge on any atom is -0.468 e. The van der Waals surface area contributed by atoms with Gasteiger partial charge in [0.1, 0.15) is 6.04 Å². The van der Waals surface area contributed by atoms with Crippen molar-refractivity contribution >= 4 is 16.2 Å². The van der Waals surface area contributed by atoms with Crippen LogP contribution < -0.4 is 4.72 Å². The smallest absolute Gasteiger partial charge is 0.323 e. The van der Waals surface area contributed by atoms with Crippen LogP contribution in [0.1, 0.15) is 20.8 Å². The molecule has 0 aliphatic carbocycles. The summed E-state index contributed by atoms with van der Waals surface area (Å²) in [5.41, 5.74) is 0. The number of nitrogens with zero attached hydrogens (tertiary/aromatic N) is 1. The molecular weight excluding hydrogens is 260 g/mol. The molecule has 1 fully saturated rings. The molecule has 0 aromatic heterocycles. The number of hydrogen-bond donors (Lipinski definition) is 1. The summed E-state index contributed by atoms with van der Waals surface area (Å²) in [7, 11) is -2.49. The van der Waals surface area contributed by atoms with Gasteiger partial charge >= 0.3 is 5.97 Å². The van der Waals surface area contributed by atoms with Crippen molar-refractivity contribution in [3.63, 3.8) is 0 Å². The highest BCUT2D eigenvalue weighted by Gasteiger charge is 2.33. The highest BCUT2D eigenvalue weighted by atomic mass is 32.2. The van der Waals surface area contributed by atoms with Crippen molar-refractivity contribution in [2.75, 3.05) is 20.2 Å². The second kappa shape index (κ2) is 5.96. The molecule has 1 heterocycles. The third-order valence-corrected chi connectivity index (χ3v) is 4.24. The van der Waals surface area contributed by atoms with Gasteiger partial charge in [-0.15, -0.1) is 0 Å². The molecule has 0 spiro atoms. The van der Waals surface area contributed by atoms with Crippen molar-refractivity contribution < 1.29 is 22.7 Å². The van der Waals surface area contributed by atoms with E-state index in [1.54, 1.807) is 0 Å². The van der Waals surface area contributed by atoms with Crippen LogP contribution in [0, 0.1) is 0 Å². The van der Waals surface area contributed by atoms with E-state index < -0.39 is 22.2 Å². The first kappa shape index (κ1) is 15.4. The normalized spacial score (nSPS) is 27.8. The van der Waals surface area contributed by atoms with Gasteiger partial charge in [-0.2, -0.15) is 17.4 Å². The third-order valence-electron chi connectivity index (χ3n) is 2.61. The van der Waals surface area contributed by atoms with Crippen LogP contribution in [0.3, 0.4) is 0 Å². The summed E-state index contributed by atoms with van der Waals surface area (Å²) in [5.74, 6) is -0.618. The van der Waals surface area contributed by atoms with Crippen molar-refractivity contribution in [3.8, 4) is 0 Å². The number of esters is 1. The summed E-state index contributed by atoms with van der Waals surface area (Å²) >= 11 is 0. The molecule has 1 rings (SSSR count). The molecular formula is C10H20N2O5S. The predicted octanol–water partition coefficient (Wildman–Crippen LogP) is -0.508. The van der Waals surface area contributed by atoms with E-state index in [2.05, 4.69) is 9.46 Å². The van der Waals surface area contributed by atoms with Crippen LogP contribution in [0.15, 0.2) is 0 Å². The van der Waals surface area contributed by atoms with Crippen LogP contribution in [0.25, 0.3) is 0 Å². The maximum Gasteiger partial charge on any atom is 0.323 e. The maximum atomic E-state index is 12.1. The summed E-state index contributed by atoms with van der Waals surface area (Å²) in [6.45, 7) is 5.60. The molecule has 1 aliphatic rings. The minimum atomic E-state index is -3.70. The van der Waals surface area contributed by atoms with E-state index in [1.807, 2.05) is 13.8 Å². The maximum absolute atomic E-state index is 12.1. The fraction of sp³-hybridized carbons (Fsp3) is 0.900. The molecule has 1 N–H and O–H groups in total. The van der Waals surface area contributed by atoms with E-state index in [9.17, 15) is 13.2 Å². The van der Waals surface area contributed by atoms with Crippen molar-refractivity contribution in [3.05, 3.63) is 0 Å². The van der Waals surface area contributed by atoms with Crippen molar-refractivity contribution in [2.24, 2.45) is 0 Å². The van der Waals surface area contributed by atoms with Gasteiger partial charge in [0.05, 0.1) is 19.3 Å². The van der Waals surface area contributed by atoms with E-state index >= 15 is 0 Å². The Morgan fingerprint density at radius 1 is 1.39 bits per heavy atom. The number of carbonyl (C=O) groups is 1. The Kier molecular flexibility index (Phi) is 5.09. The number of methoxy groups -OCH3 is 1. The predicted molar refractivity (Wildman–Crippen MR) is 65.1 cm³/mol. The highest BCUT2D eigenvalue weighted by molar-refractivity contribution is 7.87. The molecule has 0 aromatic rings. The van der Waals surface area contributed by atoms with Gasteiger partial charge in [0.2, 0.25) is 0 Å². The van der Waals surface area contributed by atoms with E-state index in [-0.39, 0.29) is 25.3 Å². The largest absolute Gasteiger partial charge is 0.468 e. The lowest BCUT2D eigenvalue weighted by Crippen LogP contribution is -2.54. The van der Waals surface area contributed by atoms with Crippen molar-refractivity contribution in [2.45, 2.75) is 39.0 Å². The minimum absolute atomic E-state index is 0.168. The molecule has 0 amide bonds. The lowest BCUT2D eigenvalue weighted by Gasteiger charge is -2.34. The number of morpholine rings is 1. The fourth-order valence-electron chi connectivity index (χ4n) is 1.85. The molecule has 2 unspecified atom stereocenters. The first-order valence-corrected chi connectivity index (χ1v) is 7.21. The van der Waals surface area contributed by atoms with Crippen molar-refractivity contribution in [1.29, 1.82) is 0 Å². The lowest BCUT2D eigenvalue weighted by atomic mass is 10.3. The van der Waals surface area contributed by atoms with Crippen LogP contribution in [-0.2, 0) is 24.5 Å². The third kappa shape index (κ3) is 3.91. The first-order valence-electron chi connectivity index (χ1n) is 5.77. The highest BCUT2D eigenvalue weighted by Crippen LogP contribution is 2.13. The fourth-order valence-corrected chi connectivity index (χ4v) is 3.35. The Balaban J connectivity index is 2.71. The van der Waals surface area contributed by atoms with Gasteiger partial charge in [0.25, 0.3) is 10.2 Å². The van der Waals surface area contributed by atoms with Gasteiger partial charge in [-0.1, -0.05) is 0 Å².